The first-order valence-electron chi connectivity index (χ1n) is 8.16. The van der Waals surface area contributed by atoms with Crippen molar-refractivity contribution in [1.82, 2.24) is 4.90 Å². The summed E-state index contributed by atoms with van der Waals surface area (Å²) >= 11 is 0.943. The molecule has 1 aliphatic heterocycles. The molecule has 1 aliphatic rings. The maximum atomic E-state index is 12.5. The molecule has 134 valence electrons. The number of methoxy groups -OCH3 is 1. The van der Waals surface area contributed by atoms with Crippen molar-refractivity contribution in [3.8, 4) is 11.5 Å². The monoisotopic (exact) mass is 369 g/mol. The van der Waals surface area contributed by atoms with Crippen molar-refractivity contribution in [1.29, 1.82) is 0 Å². The largest absolute Gasteiger partial charge is 0.496 e. The Labute approximate surface area is 156 Å². The molecule has 0 saturated carbocycles. The Kier molecular flexibility index (Phi) is 5.63. The molecule has 1 heterocycles. The fourth-order valence-electron chi connectivity index (χ4n) is 2.54. The van der Waals surface area contributed by atoms with E-state index in [4.69, 9.17) is 9.47 Å². The average Bonchev–Trinajstić information content (AvgIpc) is 2.91. The Morgan fingerprint density at radius 2 is 1.88 bits per heavy atom. The molecule has 0 N–H and O–H groups in total. The van der Waals surface area contributed by atoms with E-state index in [1.165, 1.54) is 4.90 Å². The molecule has 5 nitrogen and oxygen atoms in total. The maximum Gasteiger partial charge on any atom is 0.293 e. The molecule has 2 aromatic rings. The molecule has 26 heavy (non-hydrogen) atoms. The van der Waals surface area contributed by atoms with Crippen LogP contribution in [0, 0.1) is 6.92 Å². The molecule has 0 unspecified atom stereocenters. The molecule has 3 rings (SSSR count). The van der Waals surface area contributed by atoms with E-state index in [1.807, 2.05) is 55.5 Å². The minimum Gasteiger partial charge on any atom is -0.496 e. The molecule has 1 fully saturated rings. The van der Waals surface area contributed by atoms with Gasteiger partial charge in [-0.05, 0) is 54.1 Å². The lowest BCUT2D eigenvalue weighted by atomic mass is 10.1. The summed E-state index contributed by atoms with van der Waals surface area (Å²) in [5, 5.41) is -0.281. The van der Waals surface area contributed by atoms with Gasteiger partial charge in [0.2, 0.25) is 0 Å². The number of imide groups is 1. The van der Waals surface area contributed by atoms with Crippen molar-refractivity contribution in [2.45, 2.75) is 6.92 Å². The van der Waals surface area contributed by atoms with Crippen LogP contribution in [0.2, 0.25) is 0 Å². The maximum absolute atomic E-state index is 12.5. The van der Waals surface area contributed by atoms with Gasteiger partial charge < -0.3 is 9.47 Å². The fraction of sp³-hybridized carbons (Fsp3) is 0.200. The summed E-state index contributed by atoms with van der Waals surface area (Å²) in [4.78, 5) is 26.3. The van der Waals surface area contributed by atoms with E-state index in [1.54, 1.807) is 13.2 Å². The van der Waals surface area contributed by atoms with Crippen LogP contribution in [-0.2, 0) is 4.79 Å². The van der Waals surface area contributed by atoms with Crippen LogP contribution in [-0.4, -0.2) is 36.3 Å². The predicted molar refractivity (Wildman–Crippen MR) is 102 cm³/mol. The van der Waals surface area contributed by atoms with Gasteiger partial charge in [0, 0.05) is 0 Å². The van der Waals surface area contributed by atoms with E-state index in [9.17, 15) is 9.59 Å². The molecule has 0 aliphatic carbocycles. The SMILES string of the molecule is COc1cc(/C=C2\SC(=O)N(CCOc3ccccc3)C2=O)ccc1C. The van der Waals surface area contributed by atoms with Gasteiger partial charge in [0.05, 0.1) is 18.6 Å². The van der Waals surface area contributed by atoms with Crippen molar-refractivity contribution >= 4 is 29.0 Å². The Bertz CT molecular complexity index is 848. The van der Waals surface area contributed by atoms with Gasteiger partial charge in [0.1, 0.15) is 18.1 Å². The van der Waals surface area contributed by atoms with Crippen LogP contribution in [0.1, 0.15) is 11.1 Å². The second-order valence-electron chi connectivity index (χ2n) is 5.72. The highest BCUT2D eigenvalue weighted by Gasteiger charge is 2.34. The van der Waals surface area contributed by atoms with Gasteiger partial charge in [-0.2, -0.15) is 0 Å². The number of aryl methyl sites for hydroxylation is 1. The number of carbonyl (C=O) groups is 2. The Balaban J connectivity index is 1.66. The van der Waals surface area contributed by atoms with E-state index >= 15 is 0 Å². The second-order valence-corrected chi connectivity index (χ2v) is 6.72. The third kappa shape index (κ3) is 4.08. The Morgan fingerprint density at radius 3 is 2.62 bits per heavy atom. The quantitative estimate of drug-likeness (QED) is 0.717. The lowest BCUT2D eigenvalue weighted by molar-refractivity contribution is -0.123. The highest BCUT2D eigenvalue weighted by molar-refractivity contribution is 8.18. The van der Waals surface area contributed by atoms with Gasteiger partial charge in [-0.3, -0.25) is 14.5 Å². The molecule has 0 aromatic heterocycles. The van der Waals surface area contributed by atoms with Gasteiger partial charge in [0.25, 0.3) is 11.1 Å². The van der Waals surface area contributed by atoms with Crippen LogP contribution in [0.25, 0.3) is 6.08 Å². The van der Waals surface area contributed by atoms with Crippen molar-refractivity contribution in [3.63, 3.8) is 0 Å². The zero-order valence-corrected chi connectivity index (χ0v) is 15.4. The van der Waals surface area contributed by atoms with Crippen LogP contribution in [0.5, 0.6) is 11.5 Å². The first kappa shape index (κ1) is 18.1. The molecular formula is C20H19NO4S. The van der Waals surface area contributed by atoms with Gasteiger partial charge in [-0.25, -0.2) is 0 Å². The predicted octanol–water partition coefficient (Wildman–Crippen LogP) is 4.12. The van der Waals surface area contributed by atoms with Crippen molar-refractivity contribution < 1.29 is 19.1 Å². The lowest BCUT2D eigenvalue weighted by Gasteiger charge is -2.13. The summed E-state index contributed by atoms with van der Waals surface area (Å²) in [6.45, 7) is 2.42. The number of rotatable bonds is 6. The highest BCUT2D eigenvalue weighted by atomic mass is 32.2. The van der Waals surface area contributed by atoms with Crippen LogP contribution in [0.4, 0.5) is 4.79 Å². The molecular weight excluding hydrogens is 350 g/mol. The van der Waals surface area contributed by atoms with Crippen LogP contribution in [0.3, 0.4) is 0 Å². The van der Waals surface area contributed by atoms with E-state index in [2.05, 4.69) is 0 Å². The average molecular weight is 369 g/mol. The molecule has 1 saturated heterocycles. The van der Waals surface area contributed by atoms with Crippen molar-refractivity contribution in [3.05, 3.63) is 64.6 Å². The zero-order chi connectivity index (χ0) is 18.5. The standard InChI is InChI=1S/C20H19NO4S/c1-14-8-9-15(12-17(14)24-2)13-18-19(22)21(20(23)26-18)10-11-25-16-6-4-3-5-7-16/h3-9,12-13H,10-11H2,1-2H3/b18-13-. The number of nitrogens with zero attached hydrogens (tertiary/aromatic N) is 1. The summed E-state index contributed by atoms with van der Waals surface area (Å²) in [7, 11) is 1.60. The first-order chi connectivity index (χ1) is 12.6. The molecule has 0 radical (unpaired) electrons. The summed E-state index contributed by atoms with van der Waals surface area (Å²) in [6, 6.07) is 15.0. The zero-order valence-electron chi connectivity index (χ0n) is 14.6. The number of carbonyl (C=O) groups excluding carboxylic acids is 2. The van der Waals surface area contributed by atoms with Crippen LogP contribution >= 0.6 is 11.8 Å². The Hall–Kier alpha value is -2.73. The highest BCUT2D eigenvalue weighted by Crippen LogP contribution is 2.32. The number of thioether (sulfide) groups is 1. The minimum absolute atomic E-state index is 0.216. The minimum atomic E-state index is -0.295. The summed E-state index contributed by atoms with van der Waals surface area (Å²) in [5.41, 5.74) is 1.83. The summed E-state index contributed by atoms with van der Waals surface area (Å²) in [5.74, 6) is 1.16. The number of para-hydroxylation sites is 1. The number of hydrogen-bond acceptors (Lipinski definition) is 5. The third-order valence-corrected chi connectivity index (χ3v) is 4.84. The molecule has 0 bridgehead atoms. The number of ether oxygens (including phenoxy) is 2. The van der Waals surface area contributed by atoms with E-state index in [0.29, 0.717) is 10.7 Å². The van der Waals surface area contributed by atoms with Gasteiger partial charge in [0.15, 0.2) is 0 Å². The van der Waals surface area contributed by atoms with Gasteiger partial charge >= 0.3 is 0 Å². The molecule has 0 atom stereocenters. The Morgan fingerprint density at radius 1 is 1.12 bits per heavy atom. The van der Waals surface area contributed by atoms with E-state index < -0.39 is 0 Å². The second kappa shape index (κ2) is 8.10. The van der Waals surface area contributed by atoms with Crippen molar-refractivity contribution in [2.75, 3.05) is 20.3 Å². The van der Waals surface area contributed by atoms with E-state index in [0.717, 1.165) is 28.6 Å². The van der Waals surface area contributed by atoms with Crippen molar-refractivity contribution in [2.24, 2.45) is 0 Å². The molecule has 6 heteroatoms. The van der Waals surface area contributed by atoms with E-state index in [-0.39, 0.29) is 24.3 Å². The fourth-order valence-corrected chi connectivity index (χ4v) is 3.41. The normalized spacial score (nSPS) is 15.6. The first-order valence-corrected chi connectivity index (χ1v) is 8.98. The topological polar surface area (TPSA) is 55.8 Å². The van der Waals surface area contributed by atoms with Gasteiger partial charge in [-0.1, -0.05) is 30.3 Å². The lowest BCUT2D eigenvalue weighted by Crippen LogP contribution is -2.32. The van der Waals surface area contributed by atoms with Gasteiger partial charge in [-0.15, -0.1) is 0 Å². The number of benzene rings is 2. The van der Waals surface area contributed by atoms with Crippen LogP contribution in [0.15, 0.2) is 53.4 Å². The number of hydrogen-bond donors (Lipinski definition) is 0. The molecule has 2 amide bonds. The molecule has 0 spiro atoms. The smallest absolute Gasteiger partial charge is 0.293 e. The summed E-state index contributed by atoms with van der Waals surface area (Å²) < 4.78 is 10.9. The third-order valence-electron chi connectivity index (χ3n) is 3.93. The van der Waals surface area contributed by atoms with Crippen LogP contribution < -0.4 is 9.47 Å². The summed E-state index contributed by atoms with van der Waals surface area (Å²) in [6.07, 6.45) is 1.71. The number of amides is 2. The molecule has 2 aromatic carbocycles.